The molecule has 0 bridgehead atoms. The highest BCUT2D eigenvalue weighted by atomic mass is 16.2. The molecule has 0 saturated carbocycles. The number of carbonyl (C=O) groups excluding carboxylic acids is 1. The summed E-state index contributed by atoms with van der Waals surface area (Å²) in [5.41, 5.74) is 6.51. The fraction of sp³-hybridized carbons (Fsp3) is 0.200. The minimum Gasteiger partial charge on any atom is -0.320 e. The summed E-state index contributed by atoms with van der Waals surface area (Å²) >= 11 is 0. The Labute approximate surface area is 141 Å². The molecular formula is C20H19N3O. The Morgan fingerprint density at radius 3 is 2.79 bits per heavy atom. The van der Waals surface area contributed by atoms with Crippen molar-refractivity contribution in [2.24, 2.45) is 0 Å². The monoisotopic (exact) mass is 317 g/mol. The number of amides is 1. The average Bonchev–Trinajstić information content (AvgIpc) is 3.05. The molecule has 4 rings (SSSR count). The predicted molar refractivity (Wildman–Crippen MR) is 94.7 cm³/mol. The highest BCUT2D eigenvalue weighted by Gasteiger charge is 2.24. The van der Waals surface area contributed by atoms with Gasteiger partial charge in [0.2, 0.25) is 0 Å². The van der Waals surface area contributed by atoms with Gasteiger partial charge in [0.1, 0.15) is 0 Å². The molecule has 4 nitrogen and oxygen atoms in total. The smallest absolute Gasteiger partial charge is 0.320 e. The van der Waals surface area contributed by atoms with Crippen molar-refractivity contribution in [1.82, 2.24) is 14.5 Å². The van der Waals surface area contributed by atoms with Gasteiger partial charge in [-0.1, -0.05) is 18.2 Å². The van der Waals surface area contributed by atoms with Crippen molar-refractivity contribution >= 4 is 6.03 Å². The van der Waals surface area contributed by atoms with Gasteiger partial charge in [0.05, 0.1) is 5.69 Å². The number of aromatic nitrogens is 2. The summed E-state index contributed by atoms with van der Waals surface area (Å²) in [6, 6.07) is 14.5. The van der Waals surface area contributed by atoms with Crippen molar-refractivity contribution in [2.45, 2.75) is 20.4 Å². The third-order valence-electron chi connectivity index (χ3n) is 4.67. The summed E-state index contributed by atoms with van der Waals surface area (Å²) in [5.74, 6) is 0. The summed E-state index contributed by atoms with van der Waals surface area (Å²) in [6.07, 6.45) is 3.66. The zero-order chi connectivity index (χ0) is 16.7. The van der Waals surface area contributed by atoms with Crippen LogP contribution >= 0.6 is 0 Å². The first-order valence-corrected chi connectivity index (χ1v) is 8.21. The molecule has 2 aromatic heterocycles. The lowest BCUT2D eigenvalue weighted by atomic mass is 9.96. The molecule has 0 aliphatic carbocycles. The molecule has 0 atom stereocenters. The lowest BCUT2D eigenvalue weighted by molar-refractivity contribution is 0.201. The number of aryl methyl sites for hydroxylation is 1. The molecule has 1 aromatic carbocycles. The van der Waals surface area contributed by atoms with Crippen LogP contribution in [0.2, 0.25) is 0 Å². The van der Waals surface area contributed by atoms with Crippen molar-refractivity contribution in [1.29, 1.82) is 0 Å². The summed E-state index contributed by atoms with van der Waals surface area (Å²) in [6.45, 7) is 5.36. The van der Waals surface area contributed by atoms with Gasteiger partial charge < -0.3 is 4.90 Å². The Balaban J connectivity index is 1.92. The number of hydrogen-bond donors (Lipinski definition) is 0. The van der Waals surface area contributed by atoms with Crippen molar-refractivity contribution < 1.29 is 4.79 Å². The molecule has 0 spiro atoms. The number of fused-ring (bicyclic) bond motifs is 3. The molecule has 0 unspecified atom stereocenters. The molecule has 3 heterocycles. The van der Waals surface area contributed by atoms with Crippen LogP contribution in [0.4, 0.5) is 4.79 Å². The zero-order valence-electron chi connectivity index (χ0n) is 13.9. The molecule has 1 aliphatic rings. The van der Waals surface area contributed by atoms with Crippen LogP contribution in [0.15, 0.2) is 54.9 Å². The number of carbonyl (C=O) groups is 1. The van der Waals surface area contributed by atoms with Crippen LogP contribution in [0.1, 0.15) is 18.2 Å². The van der Waals surface area contributed by atoms with E-state index < -0.39 is 0 Å². The van der Waals surface area contributed by atoms with E-state index >= 15 is 0 Å². The minimum atomic E-state index is 0.0350. The first-order chi connectivity index (χ1) is 11.7. The molecule has 120 valence electrons. The van der Waals surface area contributed by atoms with E-state index in [0.717, 1.165) is 28.1 Å². The van der Waals surface area contributed by atoms with Crippen LogP contribution in [-0.2, 0) is 6.54 Å². The van der Waals surface area contributed by atoms with Crippen LogP contribution in [0.3, 0.4) is 0 Å². The molecule has 0 radical (unpaired) electrons. The maximum atomic E-state index is 12.7. The van der Waals surface area contributed by atoms with Gasteiger partial charge in [-0.3, -0.25) is 9.55 Å². The van der Waals surface area contributed by atoms with E-state index in [9.17, 15) is 4.79 Å². The van der Waals surface area contributed by atoms with E-state index in [1.807, 2.05) is 49.3 Å². The van der Waals surface area contributed by atoms with Gasteiger partial charge >= 0.3 is 6.03 Å². The zero-order valence-corrected chi connectivity index (χ0v) is 13.9. The normalized spacial score (nSPS) is 13.4. The summed E-state index contributed by atoms with van der Waals surface area (Å²) in [4.78, 5) is 18.9. The number of benzene rings is 1. The second-order valence-electron chi connectivity index (χ2n) is 6.07. The van der Waals surface area contributed by atoms with E-state index in [0.29, 0.717) is 13.1 Å². The lowest BCUT2D eigenvalue weighted by Crippen LogP contribution is -2.32. The fourth-order valence-corrected chi connectivity index (χ4v) is 3.35. The van der Waals surface area contributed by atoms with Crippen molar-refractivity contribution in [3.05, 3.63) is 66.1 Å². The Hall–Kier alpha value is -2.88. The topological polar surface area (TPSA) is 38.1 Å². The molecule has 24 heavy (non-hydrogen) atoms. The SMILES string of the molecule is CCN1Cc2ccc(-c3cccnc3C)cc2-c2cccn2C1=O. The second kappa shape index (κ2) is 5.64. The van der Waals surface area contributed by atoms with Crippen molar-refractivity contribution in [3.8, 4) is 22.4 Å². The number of hydrogen-bond acceptors (Lipinski definition) is 2. The Morgan fingerprint density at radius 2 is 2.00 bits per heavy atom. The Morgan fingerprint density at radius 1 is 1.12 bits per heavy atom. The summed E-state index contributed by atoms with van der Waals surface area (Å²) in [5, 5.41) is 0. The molecule has 0 fully saturated rings. The first-order valence-electron chi connectivity index (χ1n) is 8.21. The minimum absolute atomic E-state index is 0.0350. The quantitative estimate of drug-likeness (QED) is 0.705. The second-order valence-corrected chi connectivity index (χ2v) is 6.07. The van der Waals surface area contributed by atoms with E-state index in [4.69, 9.17) is 0 Å². The predicted octanol–water partition coefficient (Wildman–Crippen LogP) is 4.33. The maximum Gasteiger partial charge on any atom is 0.328 e. The Bertz CT molecular complexity index is 926. The van der Waals surface area contributed by atoms with Gasteiger partial charge in [-0.25, -0.2) is 4.79 Å². The van der Waals surface area contributed by atoms with Gasteiger partial charge in [0.25, 0.3) is 0 Å². The van der Waals surface area contributed by atoms with Gasteiger partial charge in [-0.05, 0) is 49.2 Å². The highest BCUT2D eigenvalue weighted by molar-refractivity contribution is 5.87. The van der Waals surface area contributed by atoms with Crippen LogP contribution < -0.4 is 0 Å². The molecule has 1 aliphatic heterocycles. The molecule has 1 amide bonds. The lowest BCUT2D eigenvalue weighted by Gasteiger charge is -2.19. The standard InChI is InChI=1S/C20H19N3O/c1-3-22-13-16-9-8-15(17-6-4-10-21-14(17)2)12-18(16)19-7-5-11-23(19)20(22)24/h4-12H,3,13H2,1-2H3. The third-order valence-corrected chi connectivity index (χ3v) is 4.67. The molecular weight excluding hydrogens is 298 g/mol. The highest BCUT2D eigenvalue weighted by Crippen LogP contribution is 2.33. The van der Waals surface area contributed by atoms with E-state index in [-0.39, 0.29) is 6.03 Å². The van der Waals surface area contributed by atoms with Gasteiger partial charge in [0, 0.05) is 42.3 Å². The van der Waals surface area contributed by atoms with Crippen LogP contribution in [0.5, 0.6) is 0 Å². The van der Waals surface area contributed by atoms with Crippen LogP contribution in [0.25, 0.3) is 22.4 Å². The third kappa shape index (κ3) is 2.22. The summed E-state index contributed by atoms with van der Waals surface area (Å²) < 4.78 is 1.75. The number of nitrogens with zero attached hydrogens (tertiary/aromatic N) is 3. The van der Waals surface area contributed by atoms with Gasteiger partial charge in [-0.2, -0.15) is 0 Å². The fourth-order valence-electron chi connectivity index (χ4n) is 3.35. The molecule has 3 aromatic rings. The maximum absolute atomic E-state index is 12.7. The first kappa shape index (κ1) is 14.7. The molecule has 0 N–H and O–H groups in total. The van der Waals surface area contributed by atoms with Gasteiger partial charge in [0.15, 0.2) is 0 Å². The summed E-state index contributed by atoms with van der Waals surface area (Å²) in [7, 11) is 0. The van der Waals surface area contributed by atoms with E-state index in [2.05, 4.69) is 29.2 Å². The number of rotatable bonds is 2. The van der Waals surface area contributed by atoms with Crippen LogP contribution in [0, 0.1) is 6.92 Å². The molecule has 4 heteroatoms. The molecule has 0 saturated heterocycles. The van der Waals surface area contributed by atoms with Crippen molar-refractivity contribution in [2.75, 3.05) is 6.54 Å². The van der Waals surface area contributed by atoms with Crippen LogP contribution in [-0.4, -0.2) is 27.0 Å². The van der Waals surface area contributed by atoms with Gasteiger partial charge in [-0.15, -0.1) is 0 Å². The van der Waals surface area contributed by atoms with E-state index in [1.165, 1.54) is 5.56 Å². The average molecular weight is 317 g/mol. The number of pyridine rings is 1. The largest absolute Gasteiger partial charge is 0.328 e. The Kier molecular flexibility index (Phi) is 3.45. The van der Waals surface area contributed by atoms with E-state index in [1.54, 1.807) is 4.57 Å². The van der Waals surface area contributed by atoms with Crippen molar-refractivity contribution in [3.63, 3.8) is 0 Å².